The molecule has 1 aromatic carbocycles. The molecule has 1 atom stereocenters. The van der Waals surface area contributed by atoms with Gasteiger partial charge in [0.25, 0.3) is 0 Å². The van der Waals surface area contributed by atoms with Gasteiger partial charge in [0.15, 0.2) is 0 Å². The Morgan fingerprint density at radius 2 is 2.00 bits per heavy atom. The maximum absolute atomic E-state index is 6.04. The molecule has 0 saturated heterocycles. The van der Waals surface area contributed by atoms with Crippen LogP contribution < -0.4 is 15.4 Å². The summed E-state index contributed by atoms with van der Waals surface area (Å²) in [6.45, 7) is 4.39. The zero-order chi connectivity index (χ0) is 14.8. The molecular weight excluding hydrogens is 295 g/mol. The molecule has 20 heavy (non-hydrogen) atoms. The first-order valence-corrected chi connectivity index (χ1v) is 7.57. The largest absolute Gasteiger partial charge is 0.492 e. The van der Waals surface area contributed by atoms with E-state index in [1.807, 2.05) is 0 Å². The molecule has 0 aliphatic carbocycles. The Kier molecular flexibility index (Phi) is 8.48. The molecule has 1 aromatic rings. The highest BCUT2D eigenvalue weighted by molar-refractivity contribution is 6.35. The fourth-order valence-corrected chi connectivity index (χ4v) is 2.38. The van der Waals surface area contributed by atoms with Crippen molar-refractivity contribution in [3.63, 3.8) is 0 Å². The Hall–Kier alpha value is -0.920. The summed E-state index contributed by atoms with van der Waals surface area (Å²) in [5.74, 6) is 3.39. The number of rotatable bonds is 9. The minimum atomic E-state index is 0.544. The van der Waals surface area contributed by atoms with E-state index in [-0.39, 0.29) is 0 Å². The van der Waals surface area contributed by atoms with Gasteiger partial charge in [-0.15, -0.1) is 6.42 Å². The molecule has 0 bridgehead atoms. The molecule has 1 unspecified atom stereocenters. The molecule has 4 N–H and O–H groups in total. The van der Waals surface area contributed by atoms with Gasteiger partial charge in [0, 0.05) is 17.9 Å². The fraction of sp³-hybridized carbons (Fsp3) is 0.467. The number of quaternary nitrogens is 2. The zero-order valence-electron chi connectivity index (χ0n) is 11.6. The maximum Gasteiger partial charge on any atom is 0.139 e. The van der Waals surface area contributed by atoms with E-state index < -0.39 is 0 Å². The van der Waals surface area contributed by atoms with Crippen molar-refractivity contribution in [2.45, 2.75) is 12.8 Å². The molecule has 0 heterocycles. The molecule has 3 nitrogen and oxygen atoms in total. The van der Waals surface area contributed by atoms with Crippen LogP contribution in [0.1, 0.15) is 12.8 Å². The second-order valence-corrected chi connectivity index (χ2v) is 5.46. The molecule has 0 amide bonds. The van der Waals surface area contributed by atoms with Crippen LogP contribution in [0.2, 0.25) is 10.0 Å². The van der Waals surface area contributed by atoms with E-state index in [4.69, 9.17) is 34.4 Å². The van der Waals surface area contributed by atoms with Crippen LogP contribution in [0.15, 0.2) is 18.2 Å². The van der Waals surface area contributed by atoms with Crippen molar-refractivity contribution in [3.05, 3.63) is 28.2 Å². The quantitative estimate of drug-likeness (QED) is 0.516. The third-order valence-corrected chi connectivity index (χ3v) is 3.49. The molecule has 110 valence electrons. The molecule has 0 aliphatic heterocycles. The Bertz CT molecular complexity index is 446. The molecule has 0 radical (unpaired) electrons. The summed E-state index contributed by atoms with van der Waals surface area (Å²) < 4.78 is 5.66. The van der Waals surface area contributed by atoms with E-state index in [9.17, 15) is 0 Å². The first kappa shape index (κ1) is 17.1. The van der Waals surface area contributed by atoms with Gasteiger partial charge in [-0.2, -0.15) is 0 Å². The molecule has 5 heteroatoms. The number of ether oxygens (including phenoxy) is 1. The monoisotopic (exact) mass is 316 g/mol. The van der Waals surface area contributed by atoms with Crippen molar-refractivity contribution in [2.75, 3.05) is 32.8 Å². The molecular formula is C15H22Cl2N2O+2. The molecule has 0 saturated carbocycles. The molecule has 0 aliphatic rings. The van der Waals surface area contributed by atoms with Gasteiger partial charge in [0.2, 0.25) is 0 Å². The summed E-state index contributed by atoms with van der Waals surface area (Å²) in [7, 11) is 0. The Balaban J connectivity index is 2.30. The first-order chi connectivity index (χ1) is 9.67. The molecule has 0 fully saturated rings. The second-order valence-electron chi connectivity index (χ2n) is 4.61. The highest BCUT2D eigenvalue weighted by atomic mass is 35.5. The van der Waals surface area contributed by atoms with Gasteiger partial charge in [-0.25, -0.2) is 0 Å². The lowest BCUT2D eigenvalue weighted by Crippen LogP contribution is -3.12. The number of hydrogen-bond acceptors (Lipinski definition) is 1. The van der Waals surface area contributed by atoms with Crippen molar-refractivity contribution in [1.29, 1.82) is 0 Å². The first-order valence-electron chi connectivity index (χ1n) is 6.81. The van der Waals surface area contributed by atoms with Crippen LogP contribution in [0.3, 0.4) is 0 Å². The number of benzene rings is 1. The predicted octanol–water partition coefficient (Wildman–Crippen LogP) is 0.912. The van der Waals surface area contributed by atoms with E-state index >= 15 is 0 Å². The van der Waals surface area contributed by atoms with Crippen molar-refractivity contribution < 1.29 is 15.4 Å². The van der Waals surface area contributed by atoms with Crippen LogP contribution in [0.25, 0.3) is 0 Å². The lowest BCUT2D eigenvalue weighted by atomic mass is 10.3. The van der Waals surface area contributed by atoms with Gasteiger partial charge in [-0.05, 0) is 24.1 Å². The smallest absolute Gasteiger partial charge is 0.139 e. The third-order valence-electron chi connectivity index (χ3n) is 2.96. The molecule has 1 rings (SSSR count). The van der Waals surface area contributed by atoms with Crippen molar-refractivity contribution >= 4 is 23.2 Å². The normalized spacial score (nSPS) is 11.9. The van der Waals surface area contributed by atoms with Gasteiger partial charge < -0.3 is 15.4 Å². The number of halogens is 2. The Morgan fingerprint density at radius 3 is 2.65 bits per heavy atom. The van der Waals surface area contributed by atoms with E-state index in [1.54, 1.807) is 18.2 Å². The number of hydrogen-bond donors (Lipinski definition) is 2. The molecule has 0 spiro atoms. The number of nitrogens with one attached hydrogen (secondary N) is 1. The van der Waals surface area contributed by atoms with Crippen molar-refractivity contribution in [3.8, 4) is 18.1 Å². The number of terminal acetylenes is 1. The Morgan fingerprint density at radius 1 is 1.25 bits per heavy atom. The van der Waals surface area contributed by atoms with E-state index in [1.165, 1.54) is 4.90 Å². The average molecular weight is 317 g/mol. The van der Waals surface area contributed by atoms with E-state index in [2.05, 4.69) is 11.7 Å². The predicted molar refractivity (Wildman–Crippen MR) is 83.3 cm³/mol. The fourth-order valence-electron chi connectivity index (χ4n) is 1.92. The van der Waals surface area contributed by atoms with Crippen LogP contribution in [-0.2, 0) is 0 Å². The van der Waals surface area contributed by atoms with Crippen molar-refractivity contribution in [1.82, 2.24) is 0 Å². The standard InChI is InChI=1S/C15H20Cl2N2O/c1-2-8-19(9-3-7-18)10-4-11-20-15-6-5-13(16)12-14(15)17/h1,5-6,12H,3-4,7-11,18H2/p+2. The average Bonchev–Trinajstić information content (AvgIpc) is 2.42. The van der Waals surface area contributed by atoms with Crippen LogP contribution in [0.5, 0.6) is 5.75 Å². The zero-order valence-corrected chi connectivity index (χ0v) is 13.1. The summed E-state index contributed by atoms with van der Waals surface area (Å²) in [6, 6.07) is 5.25. The second kappa shape index (κ2) is 9.90. The third kappa shape index (κ3) is 6.49. The topological polar surface area (TPSA) is 41.3 Å². The SMILES string of the molecule is C#CC[NH+](CCC[NH3+])CCCOc1ccc(Cl)cc1Cl. The molecule has 0 aromatic heterocycles. The van der Waals surface area contributed by atoms with Gasteiger partial charge in [-0.1, -0.05) is 23.2 Å². The lowest BCUT2D eigenvalue weighted by molar-refractivity contribution is -0.893. The van der Waals surface area contributed by atoms with Crippen LogP contribution in [-0.4, -0.2) is 32.8 Å². The van der Waals surface area contributed by atoms with Gasteiger partial charge in [-0.3, -0.25) is 0 Å². The summed E-state index contributed by atoms with van der Waals surface area (Å²) in [5, 5.41) is 1.16. The van der Waals surface area contributed by atoms with E-state index in [0.29, 0.717) is 22.4 Å². The summed E-state index contributed by atoms with van der Waals surface area (Å²) >= 11 is 11.9. The van der Waals surface area contributed by atoms with E-state index in [0.717, 1.165) is 39.0 Å². The maximum atomic E-state index is 6.04. The van der Waals surface area contributed by atoms with Crippen LogP contribution >= 0.6 is 23.2 Å². The summed E-state index contributed by atoms with van der Waals surface area (Å²) in [6.07, 6.45) is 7.42. The summed E-state index contributed by atoms with van der Waals surface area (Å²) in [5.41, 5.74) is 3.86. The van der Waals surface area contributed by atoms with Gasteiger partial charge in [0.05, 0.1) is 31.3 Å². The highest BCUT2D eigenvalue weighted by Crippen LogP contribution is 2.27. The lowest BCUT2D eigenvalue weighted by Gasteiger charge is -2.16. The Labute approximate surface area is 131 Å². The van der Waals surface area contributed by atoms with Crippen molar-refractivity contribution in [2.24, 2.45) is 0 Å². The van der Waals surface area contributed by atoms with Gasteiger partial charge >= 0.3 is 0 Å². The summed E-state index contributed by atoms with van der Waals surface area (Å²) in [4.78, 5) is 1.40. The minimum absolute atomic E-state index is 0.544. The van der Waals surface area contributed by atoms with Crippen LogP contribution in [0.4, 0.5) is 0 Å². The van der Waals surface area contributed by atoms with Crippen LogP contribution in [0, 0.1) is 12.3 Å². The minimum Gasteiger partial charge on any atom is -0.492 e. The van der Waals surface area contributed by atoms with Gasteiger partial charge in [0.1, 0.15) is 12.3 Å². The highest BCUT2D eigenvalue weighted by Gasteiger charge is 2.07.